The van der Waals surface area contributed by atoms with E-state index in [1.807, 2.05) is 17.6 Å². The van der Waals surface area contributed by atoms with Crippen LogP contribution < -0.4 is 5.32 Å². The molecule has 6 nitrogen and oxygen atoms in total. The van der Waals surface area contributed by atoms with Gasteiger partial charge >= 0.3 is 0 Å². The first kappa shape index (κ1) is 13.5. The number of nitrogens with zero attached hydrogens (tertiary/aromatic N) is 5. The van der Waals surface area contributed by atoms with E-state index >= 15 is 0 Å². The highest BCUT2D eigenvalue weighted by atomic mass is 15.2. The van der Waals surface area contributed by atoms with Crippen LogP contribution in [0.25, 0.3) is 5.52 Å². The Hall–Kier alpha value is -2.50. The highest BCUT2D eigenvalue weighted by molar-refractivity contribution is 5.67. The molecule has 0 aliphatic carbocycles. The Labute approximate surface area is 123 Å². The van der Waals surface area contributed by atoms with Crippen molar-refractivity contribution in [3.8, 4) is 0 Å². The second kappa shape index (κ2) is 5.47. The van der Waals surface area contributed by atoms with Gasteiger partial charge in [0.2, 0.25) is 0 Å². The maximum absolute atomic E-state index is 4.55. The predicted octanol–water partition coefficient (Wildman–Crippen LogP) is 2.56. The summed E-state index contributed by atoms with van der Waals surface area (Å²) in [7, 11) is 0. The van der Waals surface area contributed by atoms with Gasteiger partial charge in [0.25, 0.3) is 0 Å². The van der Waals surface area contributed by atoms with Gasteiger partial charge < -0.3 is 5.32 Å². The van der Waals surface area contributed by atoms with Crippen LogP contribution in [0, 0.1) is 6.92 Å². The number of hydrogen-bond donors (Lipinski definition) is 1. The molecule has 0 amide bonds. The second-order valence-corrected chi connectivity index (χ2v) is 5.33. The third-order valence-corrected chi connectivity index (χ3v) is 3.27. The summed E-state index contributed by atoms with van der Waals surface area (Å²) in [5.41, 5.74) is 3.83. The summed E-state index contributed by atoms with van der Waals surface area (Å²) < 4.78 is 1.85. The molecule has 0 fully saturated rings. The van der Waals surface area contributed by atoms with E-state index in [0.717, 1.165) is 28.4 Å². The molecule has 0 aromatic carbocycles. The maximum atomic E-state index is 4.55. The smallest absolute Gasteiger partial charge is 0.152 e. The second-order valence-electron chi connectivity index (χ2n) is 5.33. The van der Waals surface area contributed by atoms with Crippen LogP contribution in [-0.2, 0) is 6.54 Å². The third-order valence-electron chi connectivity index (χ3n) is 3.27. The monoisotopic (exact) mass is 282 g/mol. The fraction of sp³-hybridized carbons (Fsp3) is 0.333. The summed E-state index contributed by atoms with van der Waals surface area (Å²) in [6, 6.07) is 2.07. The van der Waals surface area contributed by atoms with Gasteiger partial charge in [-0.05, 0) is 18.9 Å². The Bertz CT molecular complexity index is 744. The highest BCUT2D eigenvalue weighted by Crippen LogP contribution is 2.20. The van der Waals surface area contributed by atoms with Crippen molar-refractivity contribution in [2.45, 2.75) is 33.2 Å². The molecule has 0 spiro atoms. The fourth-order valence-electron chi connectivity index (χ4n) is 2.04. The van der Waals surface area contributed by atoms with E-state index in [0.29, 0.717) is 12.5 Å². The molecule has 3 aromatic rings. The summed E-state index contributed by atoms with van der Waals surface area (Å²) in [6.07, 6.45) is 7.14. The van der Waals surface area contributed by atoms with Crippen molar-refractivity contribution >= 4 is 11.3 Å². The van der Waals surface area contributed by atoms with Crippen LogP contribution in [0.1, 0.15) is 36.8 Å². The van der Waals surface area contributed by atoms with Crippen LogP contribution in [-0.4, -0.2) is 24.6 Å². The summed E-state index contributed by atoms with van der Waals surface area (Å²) >= 11 is 0. The van der Waals surface area contributed by atoms with E-state index in [4.69, 9.17) is 0 Å². The van der Waals surface area contributed by atoms with Crippen molar-refractivity contribution in [1.82, 2.24) is 24.6 Å². The lowest BCUT2D eigenvalue weighted by molar-refractivity contribution is 0.787. The average molecular weight is 282 g/mol. The molecule has 0 bridgehead atoms. The van der Waals surface area contributed by atoms with Gasteiger partial charge in [0.15, 0.2) is 5.82 Å². The van der Waals surface area contributed by atoms with Crippen LogP contribution in [0.4, 0.5) is 5.82 Å². The maximum Gasteiger partial charge on any atom is 0.152 e. The van der Waals surface area contributed by atoms with Gasteiger partial charge in [0, 0.05) is 18.6 Å². The normalized spacial score (nSPS) is 11.2. The fourth-order valence-corrected chi connectivity index (χ4v) is 2.04. The molecule has 3 heterocycles. The molecule has 0 aliphatic rings. The number of nitrogens with one attached hydrogen (secondary N) is 1. The van der Waals surface area contributed by atoms with Crippen LogP contribution in [0.3, 0.4) is 0 Å². The SMILES string of the molecule is Cc1cnc(CNc2nccn3nc(C(C)C)cc23)cn1. The quantitative estimate of drug-likeness (QED) is 0.796. The lowest BCUT2D eigenvalue weighted by Crippen LogP contribution is -2.05. The van der Waals surface area contributed by atoms with E-state index in [-0.39, 0.29) is 0 Å². The number of hydrogen-bond acceptors (Lipinski definition) is 5. The lowest BCUT2D eigenvalue weighted by Gasteiger charge is -2.06. The zero-order valence-corrected chi connectivity index (χ0v) is 12.4. The molecule has 0 radical (unpaired) electrons. The van der Waals surface area contributed by atoms with Crippen LogP contribution >= 0.6 is 0 Å². The number of aromatic nitrogens is 5. The van der Waals surface area contributed by atoms with Crippen molar-refractivity contribution < 1.29 is 0 Å². The van der Waals surface area contributed by atoms with Crippen molar-refractivity contribution in [3.63, 3.8) is 0 Å². The summed E-state index contributed by atoms with van der Waals surface area (Å²) in [4.78, 5) is 13.0. The minimum Gasteiger partial charge on any atom is -0.363 e. The molecular weight excluding hydrogens is 264 g/mol. The molecule has 3 rings (SSSR count). The lowest BCUT2D eigenvalue weighted by atomic mass is 10.1. The van der Waals surface area contributed by atoms with Crippen molar-refractivity contribution in [3.05, 3.63) is 47.9 Å². The predicted molar refractivity (Wildman–Crippen MR) is 81.2 cm³/mol. The Kier molecular flexibility index (Phi) is 3.51. The van der Waals surface area contributed by atoms with Gasteiger partial charge in [-0.1, -0.05) is 13.8 Å². The van der Waals surface area contributed by atoms with Crippen LogP contribution in [0.2, 0.25) is 0 Å². The van der Waals surface area contributed by atoms with Crippen molar-refractivity contribution in [1.29, 1.82) is 0 Å². The molecule has 0 saturated carbocycles. The molecule has 6 heteroatoms. The standard InChI is InChI=1S/C15H18N6/c1-10(2)13-6-14-15(16-4-5-21(14)20-13)19-9-12-8-17-11(3)7-18-12/h4-8,10H,9H2,1-3H3,(H,16,19). The Balaban J connectivity index is 1.84. The first-order valence-corrected chi connectivity index (χ1v) is 6.99. The minimum absolute atomic E-state index is 0.390. The first-order valence-electron chi connectivity index (χ1n) is 6.99. The number of anilines is 1. The van der Waals surface area contributed by atoms with Crippen molar-refractivity contribution in [2.75, 3.05) is 5.32 Å². The highest BCUT2D eigenvalue weighted by Gasteiger charge is 2.09. The average Bonchev–Trinajstić information content (AvgIpc) is 2.91. The van der Waals surface area contributed by atoms with Crippen LogP contribution in [0.15, 0.2) is 30.9 Å². The summed E-state index contributed by atoms with van der Waals surface area (Å²) in [5, 5.41) is 7.85. The number of rotatable bonds is 4. The Morgan fingerprint density at radius 1 is 1.19 bits per heavy atom. The molecule has 108 valence electrons. The Morgan fingerprint density at radius 3 is 2.76 bits per heavy atom. The van der Waals surface area contributed by atoms with Gasteiger partial charge in [-0.15, -0.1) is 0 Å². The van der Waals surface area contributed by atoms with E-state index < -0.39 is 0 Å². The Morgan fingerprint density at radius 2 is 2.05 bits per heavy atom. The zero-order chi connectivity index (χ0) is 14.8. The van der Waals surface area contributed by atoms with Crippen LogP contribution in [0.5, 0.6) is 0 Å². The van der Waals surface area contributed by atoms with E-state index in [1.54, 1.807) is 18.6 Å². The minimum atomic E-state index is 0.390. The third kappa shape index (κ3) is 2.84. The molecule has 0 atom stereocenters. The topological polar surface area (TPSA) is 68.0 Å². The molecule has 0 unspecified atom stereocenters. The summed E-state index contributed by atoms with van der Waals surface area (Å²) in [6.45, 7) is 6.77. The van der Waals surface area contributed by atoms with E-state index in [9.17, 15) is 0 Å². The first-order chi connectivity index (χ1) is 10.1. The largest absolute Gasteiger partial charge is 0.363 e. The molecule has 1 N–H and O–H groups in total. The van der Waals surface area contributed by atoms with Crippen molar-refractivity contribution in [2.24, 2.45) is 0 Å². The number of aryl methyl sites for hydroxylation is 1. The number of fused-ring (bicyclic) bond motifs is 1. The summed E-state index contributed by atoms with van der Waals surface area (Å²) in [5.74, 6) is 1.19. The van der Waals surface area contributed by atoms with Gasteiger partial charge in [-0.25, -0.2) is 9.50 Å². The van der Waals surface area contributed by atoms with E-state index in [2.05, 4.69) is 45.3 Å². The van der Waals surface area contributed by atoms with E-state index in [1.165, 1.54) is 0 Å². The zero-order valence-electron chi connectivity index (χ0n) is 12.4. The molecule has 21 heavy (non-hydrogen) atoms. The van der Waals surface area contributed by atoms with Gasteiger partial charge in [0.1, 0.15) is 5.52 Å². The molecule has 0 saturated heterocycles. The molecular formula is C15H18N6. The van der Waals surface area contributed by atoms with Gasteiger partial charge in [-0.3, -0.25) is 9.97 Å². The van der Waals surface area contributed by atoms with Gasteiger partial charge in [-0.2, -0.15) is 5.10 Å². The molecule has 3 aromatic heterocycles. The van der Waals surface area contributed by atoms with Gasteiger partial charge in [0.05, 0.1) is 29.8 Å². The molecule has 0 aliphatic heterocycles.